The summed E-state index contributed by atoms with van der Waals surface area (Å²) in [6.07, 6.45) is 0. The third-order valence-corrected chi connectivity index (χ3v) is 2.56. The van der Waals surface area contributed by atoms with Crippen molar-refractivity contribution in [2.24, 2.45) is 0 Å². The van der Waals surface area contributed by atoms with Crippen LogP contribution in [-0.2, 0) is 4.74 Å². The first kappa shape index (κ1) is 8.08. The highest BCUT2D eigenvalue weighted by atomic mass is 79.9. The van der Waals surface area contributed by atoms with Gasteiger partial charge in [0.15, 0.2) is 0 Å². The molecule has 2 nitrogen and oxygen atoms in total. The van der Waals surface area contributed by atoms with Gasteiger partial charge in [0.25, 0.3) is 0 Å². The van der Waals surface area contributed by atoms with Crippen molar-refractivity contribution in [3.8, 4) is 0 Å². The number of nitrogens with one attached hydrogen (secondary N) is 1. The summed E-state index contributed by atoms with van der Waals surface area (Å²) >= 11 is 3.47. The van der Waals surface area contributed by atoms with Gasteiger partial charge in [-0.05, 0) is 28.1 Å². The molecule has 1 aliphatic heterocycles. The number of para-hydroxylation sites is 1. The molecule has 0 atom stereocenters. The van der Waals surface area contributed by atoms with E-state index in [1.165, 1.54) is 0 Å². The first-order chi connectivity index (χ1) is 5.86. The Kier molecular flexibility index (Phi) is 2.33. The van der Waals surface area contributed by atoms with E-state index in [9.17, 15) is 0 Å². The molecule has 1 saturated heterocycles. The zero-order chi connectivity index (χ0) is 8.39. The molecular weight excluding hydrogens is 218 g/mol. The Balaban J connectivity index is 2.06. The van der Waals surface area contributed by atoms with E-state index in [0.717, 1.165) is 23.4 Å². The Labute approximate surface area is 80.1 Å². The van der Waals surface area contributed by atoms with Gasteiger partial charge in [-0.25, -0.2) is 0 Å². The zero-order valence-electron chi connectivity index (χ0n) is 6.59. The summed E-state index contributed by atoms with van der Waals surface area (Å²) in [6, 6.07) is 8.60. The highest BCUT2D eigenvalue weighted by molar-refractivity contribution is 9.10. The molecule has 3 heteroatoms. The minimum Gasteiger partial charge on any atom is -0.377 e. The van der Waals surface area contributed by atoms with Crippen LogP contribution in [0.3, 0.4) is 0 Å². The minimum absolute atomic E-state index is 0.490. The predicted octanol–water partition coefficient (Wildman–Crippen LogP) is 2.26. The van der Waals surface area contributed by atoms with Crippen molar-refractivity contribution in [2.75, 3.05) is 18.5 Å². The maximum absolute atomic E-state index is 5.07. The Morgan fingerprint density at radius 3 is 2.67 bits per heavy atom. The first-order valence-electron chi connectivity index (χ1n) is 3.95. The summed E-state index contributed by atoms with van der Waals surface area (Å²) in [4.78, 5) is 0. The van der Waals surface area contributed by atoms with E-state index in [4.69, 9.17) is 4.74 Å². The van der Waals surface area contributed by atoms with E-state index in [2.05, 4.69) is 27.3 Å². The summed E-state index contributed by atoms with van der Waals surface area (Å²) in [5, 5.41) is 3.37. The van der Waals surface area contributed by atoms with Crippen molar-refractivity contribution in [1.82, 2.24) is 0 Å². The maximum atomic E-state index is 5.07. The Morgan fingerprint density at radius 2 is 2.08 bits per heavy atom. The largest absolute Gasteiger partial charge is 0.377 e. The molecule has 1 heterocycles. The number of rotatable bonds is 2. The molecule has 1 aromatic rings. The van der Waals surface area contributed by atoms with Crippen LogP contribution in [0.2, 0.25) is 0 Å². The van der Waals surface area contributed by atoms with Gasteiger partial charge in [0.2, 0.25) is 0 Å². The second kappa shape index (κ2) is 3.46. The van der Waals surface area contributed by atoms with E-state index < -0.39 is 0 Å². The molecule has 64 valence electrons. The summed E-state index contributed by atoms with van der Waals surface area (Å²) in [5.74, 6) is 0. The highest BCUT2D eigenvalue weighted by Crippen LogP contribution is 2.23. The van der Waals surface area contributed by atoms with Gasteiger partial charge in [0, 0.05) is 10.2 Å². The van der Waals surface area contributed by atoms with Gasteiger partial charge in [-0.2, -0.15) is 0 Å². The van der Waals surface area contributed by atoms with Gasteiger partial charge < -0.3 is 10.1 Å². The Morgan fingerprint density at radius 1 is 1.33 bits per heavy atom. The van der Waals surface area contributed by atoms with E-state index in [-0.39, 0.29) is 0 Å². The van der Waals surface area contributed by atoms with Crippen LogP contribution < -0.4 is 5.32 Å². The van der Waals surface area contributed by atoms with Crippen LogP contribution in [0.25, 0.3) is 0 Å². The van der Waals surface area contributed by atoms with Gasteiger partial charge in [-0.15, -0.1) is 0 Å². The van der Waals surface area contributed by atoms with Crippen LogP contribution in [0.1, 0.15) is 0 Å². The summed E-state index contributed by atoms with van der Waals surface area (Å²) in [7, 11) is 0. The number of hydrogen-bond donors (Lipinski definition) is 1. The molecule has 0 amide bonds. The van der Waals surface area contributed by atoms with Crippen molar-refractivity contribution in [3.05, 3.63) is 28.7 Å². The van der Waals surface area contributed by atoms with Crippen LogP contribution in [0, 0.1) is 0 Å². The third kappa shape index (κ3) is 1.62. The van der Waals surface area contributed by atoms with Crippen LogP contribution >= 0.6 is 15.9 Å². The monoisotopic (exact) mass is 227 g/mol. The van der Waals surface area contributed by atoms with E-state index in [0.29, 0.717) is 6.04 Å². The van der Waals surface area contributed by atoms with E-state index in [1.807, 2.05) is 18.2 Å². The molecule has 1 N–H and O–H groups in total. The second-order valence-electron chi connectivity index (χ2n) is 2.86. The van der Waals surface area contributed by atoms with Crippen LogP contribution in [0.15, 0.2) is 28.7 Å². The molecule has 0 aliphatic carbocycles. The Hall–Kier alpha value is -0.540. The van der Waals surface area contributed by atoms with Crippen molar-refractivity contribution in [1.29, 1.82) is 0 Å². The maximum Gasteiger partial charge on any atom is 0.0729 e. The fourth-order valence-corrected chi connectivity index (χ4v) is 1.52. The van der Waals surface area contributed by atoms with Gasteiger partial charge in [0.05, 0.1) is 19.3 Å². The van der Waals surface area contributed by atoms with Crippen molar-refractivity contribution >= 4 is 21.6 Å². The average Bonchev–Trinajstić information content (AvgIpc) is 2.00. The molecule has 0 saturated carbocycles. The molecule has 0 unspecified atom stereocenters. The lowest BCUT2D eigenvalue weighted by Gasteiger charge is -2.28. The fraction of sp³-hybridized carbons (Fsp3) is 0.333. The lowest BCUT2D eigenvalue weighted by Crippen LogP contribution is -2.40. The molecule has 0 radical (unpaired) electrons. The number of ether oxygens (including phenoxy) is 1. The topological polar surface area (TPSA) is 21.3 Å². The number of halogens is 1. The fourth-order valence-electron chi connectivity index (χ4n) is 1.12. The first-order valence-corrected chi connectivity index (χ1v) is 4.74. The SMILES string of the molecule is Brc1ccccc1NC1COC1. The van der Waals surface area contributed by atoms with Crippen LogP contribution in [0.4, 0.5) is 5.69 Å². The minimum atomic E-state index is 0.490. The summed E-state index contributed by atoms with van der Waals surface area (Å²) in [6.45, 7) is 1.64. The van der Waals surface area contributed by atoms with Crippen LogP contribution in [0.5, 0.6) is 0 Å². The van der Waals surface area contributed by atoms with Crippen molar-refractivity contribution in [2.45, 2.75) is 6.04 Å². The molecule has 2 rings (SSSR count). The molecule has 1 aliphatic rings. The predicted molar refractivity (Wildman–Crippen MR) is 52.4 cm³/mol. The third-order valence-electron chi connectivity index (χ3n) is 1.87. The van der Waals surface area contributed by atoms with E-state index >= 15 is 0 Å². The lowest BCUT2D eigenvalue weighted by molar-refractivity contribution is 0.0211. The molecule has 0 spiro atoms. The number of hydrogen-bond acceptors (Lipinski definition) is 2. The second-order valence-corrected chi connectivity index (χ2v) is 3.71. The summed E-state index contributed by atoms with van der Waals surface area (Å²) in [5.41, 5.74) is 1.14. The van der Waals surface area contributed by atoms with E-state index in [1.54, 1.807) is 0 Å². The van der Waals surface area contributed by atoms with Crippen molar-refractivity contribution < 1.29 is 4.74 Å². The van der Waals surface area contributed by atoms with Gasteiger partial charge in [-0.1, -0.05) is 12.1 Å². The quantitative estimate of drug-likeness (QED) is 0.838. The lowest BCUT2D eigenvalue weighted by atomic mass is 10.2. The van der Waals surface area contributed by atoms with Gasteiger partial charge in [-0.3, -0.25) is 0 Å². The average molecular weight is 228 g/mol. The number of benzene rings is 1. The molecule has 1 fully saturated rings. The normalized spacial score (nSPS) is 17.1. The smallest absolute Gasteiger partial charge is 0.0729 e. The van der Waals surface area contributed by atoms with Gasteiger partial charge in [0.1, 0.15) is 0 Å². The Bertz CT molecular complexity index is 273. The molecule has 1 aromatic carbocycles. The molecular formula is C9H10BrNO. The number of anilines is 1. The molecule has 0 bridgehead atoms. The molecule has 0 aromatic heterocycles. The molecule has 12 heavy (non-hydrogen) atoms. The van der Waals surface area contributed by atoms with Crippen molar-refractivity contribution in [3.63, 3.8) is 0 Å². The van der Waals surface area contributed by atoms with Gasteiger partial charge >= 0.3 is 0 Å². The summed E-state index contributed by atoms with van der Waals surface area (Å²) < 4.78 is 6.18. The van der Waals surface area contributed by atoms with Crippen LogP contribution in [-0.4, -0.2) is 19.3 Å². The standard InChI is InChI=1S/C9H10BrNO/c10-8-3-1-2-4-9(8)11-7-5-12-6-7/h1-4,7,11H,5-6H2. The zero-order valence-corrected chi connectivity index (χ0v) is 8.17. The highest BCUT2D eigenvalue weighted by Gasteiger charge is 2.18.